The summed E-state index contributed by atoms with van der Waals surface area (Å²) in [6, 6.07) is 29.7. The van der Waals surface area contributed by atoms with Gasteiger partial charge in [0.2, 0.25) is 5.91 Å². The monoisotopic (exact) mass is 713 g/mol. The first-order valence-electron chi connectivity index (χ1n) is 18.7. The minimum absolute atomic E-state index is 0.00311. The molecule has 0 unspecified atom stereocenters. The van der Waals surface area contributed by atoms with E-state index in [1.165, 1.54) is 10.4 Å². The van der Waals surface area contributed by atoms with Crippen molar-refractivity contribution in [2.24, 2.45) is 11.8 Å². The minimum atomic E-state index is -2.67. The van der Waals surface area contributed by atoms with E-state index in [1.807, 2.05) is 17.0 Å². The minimum Gasteiger partial charge on any atom is -0.497 e. The van der Waals surface area contributed by atoms with Gasteiger partial charge in [-0.1, -0.05) is 106 Å². The van der Waals surface area contributed by atoms with Crippen LogP contribution in [-0.2, 0) is 25.1 Å². The van der Waals surface area contributed by atoms with Gasteiger partial charge in [-0.3, -0.25) is 4.79 Å². The molecule has 3 aromatic carbocycles. The number of amides is 1. The molecule has 1 aliphatic heterocycles. The van der Waals surface area contributed by atoms with Crippen molar-refractivity contribution in [1.29, 1.82) is 0 Å². The molecule has 0 aliphatic carbocycles. The highest BCUT2D eigenvalue weighted by molar-refractivity contribution is 6.99. The van der Waals surface area contributed by atoms with Crippen LogP contribution < -0.4 is 15.1 Å². The predicted molar refractivity (Wildman–Crippen MR) is 213 cm³/mol. The molecule has 7 heteroatoms. The normalized spacial score (nSPS) is 18.0. The van der Waals surface area contributed by atoms with Crippen LogP contribution in [0.2, 0.25) is 5.04 Å². The number of hydrogen-bond donors (Lipinski definition) is 0. The average Bonchev–Trinajstić information content (AvgIpc) is 3.53. The van der Waals surface area contributed by atoms with Gasteiger partial charge in [0.15, 0.2) is 0 Å². The molecule has 0 aromatic heterocycles. The van der Waals surface area contributed by atoms with Crippen molar-refractivity contribution >= 4 is 24.6 Å². The molecular weight excluding hydrogens is 651 g/mol. The Morgan fingerprint density at radius 2 is 1.51 bits per heavy atom. The number of likely N-dealkylation sites (tertiary alicyclic amines) is 1. The lowest BCUT2D eigenvalue weighted by molar-refractivity contribution is -0.140. The number of aryl methyl sites for hydroxylation is 1. The second-order valence-electron chi connectivity index (χ2n) is 16.3. The second kappa shape index (κ2) is 18.0. The van der Waals surface area contributed by atoms with Crippen molar-refractivity contribution in [3.63, 3.8) is 0 Å². The van der Waals surface area contributed by atoms with E-state index >= 15 is 0 Å². The van der Waals surface area contributed by atoms with E-state index in [1.54, 1.807) is 14.2 Å². The number of allylic oxidation sites excluding steroid dienone is 1. The molecule has 3 aromatic rings. The first-order chi connectivity index (χ1) is 24.2. The summed E-state index contributed by atoms with van der Waals surface area (Å²) in [5, 5.41) is 2.45. The van der Waals surface area contributed by atoms with Gasteiger partial charge < -0.3 is 23.5 Å². The molecule has 0 spiro atoms. The van der Waals surface area contributed by atoms with Crippen molar-refractivity contribution in [1.82, 2.24) is 4.90 Å². The molecular formula is C44H63NO5Si. The summed E-state index contributed by atoms with van der Waals surface area (Å²) in [7, 11) is 0.760. The second-order valence-corrected chi connectivity index (χ2v) is 20.6. The molecule has 0 saturated carbocycles. The van der Waals surface area contributed by atoms with Gasteiger partial charge in [0.1, 0.15) is 5.75 Å². The van der Waals surface area contributed by atoms with Crippen LogP contribution in [0.15, 0.2) is 97.1 Å². The van der Waals surface area contributed by atoms with E-state index in [-0.39, 0.29) is 40.5 Å². The van der Waals surface area contributed by atoms with Gasteiger partial charge in [0.25, 0.3) is 8.32 Å². The summed E-state index contributed by atoms with van der Waals surface area (Å²) in [4.78, 5) is 16.9. The van der Waals surface area contributed by atoms with Crippen molar-refractivity contribution < 1.29 is 23.4 Å². The zero-order valence-electron chi connectivity index (χ0n) is 32.7. The summed E-state index contributed by atoms with van der Waals surface area (Å²) in [6.07, 6.45) is 3.87. The number of nitrogens with zero attached hydrogens (tertiary/aromatic N) is 1. The number of carbonyl (C=O) groups is 1. The zero-order chi connectivity index (χ0) is 37.2. The first-order valence-corrected chi connectivity index (χ1v) is 20.6. The third-order valence-electron chi connectivity index (χ3n) is 10.4. The molecule has 4 atom stereocenters. The number of benzene rings is 3. The fourth-order valence-corrected chi connectivity index (χ4v) is 12.4. The molecule has 1 fully saturated rings. The van der Waals surface area contributed by atoms with Crippen LogP contribution in [-0.4, -0.2) is 70.8 Å². The summed E-state index contributed by atoms with van der Waals surface area (Å²) in [5.74, 6) is 0.751. The smallest absolute Gasteiger partial charge is 0.261 e. The fraction of sp³-hybridized carbons (Fsp3) is 0.523. The Kier molecular flexibility index (Phi) is 14.3. The van der Waals surface area contributed by atoms with Gasteiger partial charge in [0.05, 0.1) is 31.5 Å². The Balaban J connectivity index is 1.61. The number of methoxy groups -OCH3 is 2. The van der Waals surface area contributed by atoms with Crippen LogP contribution in [0.5, 0.6) is 5.75 Å². The maximum absolute atomic E-state index is 14.9. The molecule has 278 valence electrons. The van der Waals surface area contributed by atoms with Crippen molar-refractivity contribution in [2.45, 2.75) is 103 Å². The molecule has 6 nitrogen and oxygen atoms in total. The van der Waals surface area contributed by atoms with Crippen molar-refractivity contribution in [3.05, 3.63) is 103 Å². The highest BCUT2D eigenvalue weighted by Gasteiger charge is 2.50. The molecule has 1 saturated heterocycles. The lowest BCUT2D eigenvalue weighted by Crippen LogP contribution is -2.66. The van der Waals surface area contributed by atoms with E-state index < -0.39 is 8.32 Å². The Morgan fingerprint density at radius 1 is 0.882 bits per heavy atom. The van der Waals surface area contributed by atoms with Crippen LogP contribution in [0.25, 0.3) is 0 Å². The molecule has 4 rings (SSSR count). The maximum atomic E-state index is 14.9. The topological polar surface area (TPSA) is 57.2 Å². The predicted octanol–water partition coefficient (Wildman–Crippen LogP) is 8.22. The van der Waals surface area contributed by atoms with E-state index in [4.69, 9.17) is 18.6 Å². The van der Waals surface area contributed by atoms with Crippen LogP contribution in [0.1, 0.15) is 79.7 Å². The van der Waals surface area contributed by atoms with Gasteiger partial charge >= 0.3 is 0 Å². The van der Waals surface area contributed by atoms with E-state index in [0.717, 1.165) is 42.6 Å². The van der Waals surface area contributed by atoms with Crippen molar-refractivity contribution in [2.75, 3.05) is 34.0 Å². The number of carbonyl (C=O) groups excluding carboxylic acids is 1. The Hall–Kier alpha value is -3.23. The fourth-order valence-electron chi connectivity index (χ4n) is 7.76. The van der Waals surface area contributed by atoms with Gasteiger partial charge in [-0.25, -0.2) is 0 Å². The lowest BCUT2D eigenvalue weighted by Gasteiger charge is -2.43. The summed E-state index contributed by atoms with van der Waals surface area (Å²) in [5.41, 5.74) is 1.90. The van der Waals surface area contributed by atoms with Gasteiger partial charge in [-0.15, -0.1) is 0 Å². The highest BCUT2D eigenvalue weighted by Crippen LogP contribution is 2.38. The molecule has 1 amide bonds. The quantitative estimate of drug-likeness (QED) is 0.0802. The maximum Gasteiger partial charge on any atom is 0.261 e. The molecule has 1 aliphatic rings. The third kappa shape index (κ3) is 10.4. The lowest BCUT2D eigenvalue weighted by atomic mass is 9.79. The largest absolute Gasteiger partial charge is 0.497 e. The third-order valence-corrected chi connectivity index (χ3v) is 15.5. The number of ether oxygens (including phenoxy) is 3. The Morgan fingerprint density at radius 3 is 2.04 bits per heavy atom. The van der Waals surface area contributed by atoms with Gasteiger partial charge in [0, 0.05) is 26.2 Å². The summed E-state index contributed by atoms with van der Waals surface area (Å²) in [6.45, 7) is 21.3. The molecule has 1 heterocycles. The zero-order valence-corrected chi connectivity index (χ0v) is 33.7. The summed E-state index contributed by atoms with van der Waals surface area (Å²) < 4.78 is 24.9. The van der Waals surface area contributed by atoms with Crippen LogP contribution in [0, 0.1) is 11.8 Å². The molecule has 0 radical (unpaired) electrons. The summed E-state index contributed by atoms with van der Waals surface area (Å²) >= 11 is 0. The molecule has 51 heavy (non-hydrogen) atoms. The molecule has 0 bridgehead atoms. The SMILES string of the molecule is C=C(C)[C@@H](CCCO[Si](c1ccccc1)(c1ccccc1)C(C)(C)C)[C@H](CCc1cccc(OC)c1)C(=O)N1C[C@H](OC)C[C@H]1COC(C)(C)C. The average molecular weight is 714 g/mol. The standard InChI is InChI=1S/C44H63NO5Si/c1-33(2)40(25-18-28-50-51(44(6,7)8,38-21-13-11-14-22-38)39-23-15-12-16-24-39)41(27-26-34-19-17-20-36(29-34)47-9)42(46)45-31-37(48-10)30-35(45)32-49-43(3,4)5/h11-17,19-24,29,35,37,40-41H,1,18,25-28,30-32H2,2-10H3/t35-,37+,40+,41-/m0/s1. The number of rotatable bonds is 17. The Bertz CT molecular complexity index is 1490. The van der Waals surface area contributed by atoms with Crippen LogP contribution >= 0.6 is 0 Å². The van der Waals surface area contributed by atoms with Gasteiger partial charge in [-0.2, -0.15) is 0 Å². The van der Waals surface area contributed by atoms with Crippen molar-refractivity contribution in [3.8, 4) is 5.75 Å². The molecule has 0 N–H and O–H groups in total. The van der Waals surface area contributed by atoms with Gasteiger partial charge in [-0.05, 0) is 98.8 Å². The van der Waals surface area contributed by atoms with E-state index in [0.29, 0.717) is 26.2 Å². The van der Waals surface area contributed by atoms with E-state index in [9.17, 15) is 4.79 Å². The number of hydrogen-bond acceptors (Lipinski definition) is 5. The van der Waals surface area contributed by atoms with Crippen LogP contribution in [0.3, 0.4) is 0 Å². The Labute approximate surface area is 309 Å². The highest BCUT2D eigenvalue weighted by atomic mass is 28.4. The van der Waals surface area contributed by atoms with Crippen LogP contribution in [0.4, 0.5) is 0 Å². The first kappa shape index (κ1) is 40.5. The van der Waals surface area contributed by atoms with E-state index in [2.05, 4.69) is 128 Å².